The van der Waals surface area contributed by atoms with Gasteiger partial charge in [-0.2, -0.15) is 14.7 Å². The van der Waals surface area contributed by atoms with Crippen LogP contribution in [0.2, 0.25) is 0 Å². The van der Waals surface area contributed by atoms with Crippen molar-refractivity contribution in [3.8, 4) is 5.69 Å². The van der Waals surface area contributed by atoms with Crippen LogP contribution in [0, 0.1) is 13.8 Å². The van der Waals surface area contributed by atoms with Gasteiger partial charge in [0.2, 0.25) is 0 Å². The molecule has 0 saturated heterocycles. The van der Waals surface area contributed by atoms with Crippen molar-refractivity contribution < 1.29 is 4.79 Å². The molecular formula is C20H21N7O. The Bertz CT molecular complexity index is 1110. The predicted molar refractivity (Wildman–Crippen MR) is 107 cm³/mol. The Balaban J connectivity index is 1.31. The average Bonchev–Trinajstić information content (AvgIpc) is 3.25. The number of nitrogens with zero attached hydrogens (tertiary/aromatic N) is 5. The van der Waals surface area contributed by atoms with Crippen LogP contribution in [0.1, 0.15) is 17.0 Å². The number of fused-ring (bicyclic) bond motifs is 1. The second-order valence-electron chi connectivity index (χ2n) is 6.57. The highest BCUT2D eigenvalue weighted by Gasteiger charge is 2.08. The number of rotatable bonds is 5. The smallest absolute Gasteiger partial charge is 0.320 e. The Morgan fingerprint density at radius 3 is 2.71 bits per heavy atom. The maximum atomic E-state index is 12.1. The van der Waals surface area contributed by atoms with E-state index in [0.29, 0.717) is 18.0 Å². The fraction of sp³-hybridized carbons (Fsp3) is 0.200. The number of carbonyl (C=O) groups excluding carboxylic acids is 1. The molecule has 8 nitrogen and oxygen atoms in total. The van der Waals surface area contributed by atoms with Crippen molar-refractivity contribution in [2.24, 2.45) is 0 Å². The van der Waals surface area contributed by atoms with E-state index >= 15 is 0 Å². The fourth-order valence-electron chi connectivity index (χ4n) is 3.09. The van der Waals surface area contributed by atoms with Crippen LogP contribution in [-0.4, -0.2) is 37.0 Å². The number of anilines is 1. The molecule has 0 fully saturated rings. The van der Waals surface area contributed by atoms with Gasteiger partial charge in [-0.3, -0.25) is 5.32 Å². The SMILES string of the molecule is Cc1cc(C)n(-c2ccc(CCNC(=O)Nc3cnc4cccnn34)cc2)n1. The molecule has 2 amide bonds. The van der Waals surface area contributed by atoms with Crippen molar-refractivity contribution in [3.63, 3.8) is 0 Å². The molecule has 142 valence electrons. The minimum absolute atomic E-state index is 0.285. The lowest BCUT2D eigenvalue weighted by Gasteiger charge is -2.08. The molecule has 4 aromatic rings. The average molecular weight is 375 g/mol. The van der Waals surface area contributed by atoms with Gasteiger partial charge in [0.1, 0.15) is 0 Å². The van der Waals surface area contributed by atoms with Gasteiger partial charge in [0, 0.05) is 18.4 Å². The first kappa shape index (κ1) is 17.7. The van der Waals surface area contributed by atoms with Crippen LogP contribution in [-0.2, 0) is 6.42 Å². The van der Waals surface area contributed by atoms with Crippen LogP contribution in [0.25, 0.3) is 11.3 Å². The molecule has 2 N–H and O–H groups in total. The number of aryl methyl sites for hydroxylation is 2. The third kappa shape index (κ3) is 3.71. The van der Waals surface area contributed by atoms with Crippen molar-refractivity contribution in [2.75, 3.05) is 11.9 Å². The number of hydrogen-bond donors (Lipinski definition) is 2. The van der Waals surface area contributed by atoms with Crippen molar-refractivity contribution in [1.29, 1.82) is 0 Å². The summed E-state index contributed by atoms with van der Waals surface area (Å²) in [5.41, 5.74) is 4.95. The van der Waals surface area contributed by atoms with Gasteiger partial charge in [0.15, 0.2) is 11.5 Å². The third-order valence-corrected chi connectivity index (χ3v) is 4.41. The van der Waals surface area contributed by atoms with Crippen LogP contribution >= 0.6 is 0 Å². The fourth-order valence-corrected chi connectivity index (χ4v) is 3.09. The van der Waals surface area contributed by atoms with Crippen LogP contribution in [0.3, 0.4) is 0 Å². The summed E-state index contributed by atoms with van der Waals surface area (Å²) in [4.78, 5) is 16.3. The quantitative estimate of drug-likeness (QED) is 0.561. The molecule has 28 heavy (non-hydrogen) atoms. The van der Waals surface area contributed by atoms with Gasteiger partial charge in [-0.25, -0.2) is 14.5 Å². The summed E-state index contributed by atoms with van der Waals surface area (Å²) >= 11 is 0. The number of hydrogen-bond acceptors (Lipinski definition) is 4. The Morgan fingerprint density at radius 1 is 1.14 bits per heavy atom. The second kappa shape index (κ2) is 7.51. The highest BCUT2D eigenvalue weighted by atomic mass is 16.2. The molecule has 4 rings (SSSR count). The Hall–Kier alpha value is -3.68. The summed E-state index contributed by atoms with van der Waals surface area (Å²) in [5, 5.41) is 14.3. The molecular weight excluding hydrogens is 354 g/mol. The van der Waals surface area contributed by atoms with Gasteiger partial charge in [-0.05, 0) is 56.2 Å². The van der Waals surface area contributed by atoms with Crippen molar-refractivity contribution in [3.05, 3.63) is 71.8 Å². The molecule has 0 bridgehead atoms. The number of aromatic nitrogens is 5. The summed E-state index contributed by atoms with van der Waals surface area (Å²) in [6, 6.07) is 13.6. The number of urea groups is 1. The zero-order valence-corrected chi connectivity index (χ0v) is 15.8. The highest BCUT2D eigenvalue weighted by molar-refractivity contribution is 5.88. The lowest BCUT2D eigenvalue weighted by molar-refractivity contribution is 0.252. The first-order valence-corrected chi connectivity index (χ1v) is 9.06. The van der Waals surface area contributed by atoms with Crippen LogP contribution in [0.15, 0.2) is 54.9 Å². The van der Waals surface area contributed by atoms with E-state index in [0.717, 1.165) is 29.1 Å². The molecule has 3 aromatic heterocycles. The Morgan fingerprint density at radius 2 is 1.96 bits per heavy atom. The van der Waals surface area contributed by atoms with Gasteiger partial charge < -0.3 is 5.32 Å². The molecule has 1 aromatic carbocycles. The number of amides is 2. The zero-order valence-electron chi connectivity index (χ0n) is 15.8. The van der Waals surface area contributed by atoms with Gasteiger partial charge in [-0.15, -0.1) is 0 Å². The maximum absolute atomic E-state index is 12.1. The molecule has 0 spiro atoms. The van der Waals surface area contributed by atoms with Gasteiger partial charge in [0.25, 0.3) is 0 Å². The van der Waals surface area contributed by atoms with E-state index in [9.17, 15) is 4.79 Å². The monoisotopic (exact) mass is 375 g/mol. The minimum Gasteiger partial charge on any atom is -0.337 e. The van der Waals surface area contributed by atoms with E-state index in [4.69, 9.17) is 0 Å². The van der Waals surface area contributed by atoms with Gasteiger partial charge >= 0.3 is 6.03 Å². The first-order valence-electron chi connectivity index (χ1n) is 9.06. The number of carbonyl (C=O) groups is 1. The molecule has 0 unspecified atom stereocenters. The largest absolute Gasteiger partial charge is 0.337 e. The summed E-state index contributed by atoms with van der Waals surface area (Å²) in [6.07, 6.45) is 3.96. The molecule has 0 atom stereocenters. The predicted octanol–water partition coefficient (Wildman–Crippen LogP) is 2.90. The number of imidazole rings is 1. The molecule has 0 radical (unpaired) electrons. The molecule has 0 aliphatic rings. The van der Waals surface area contributed by atoms with Crippen LogP contribution < -0.4 is 10.6 Å². The molecule has 0 aliphatic heterocycles. The minimum atomic E-state index is -0.285. The van der Waals surface area contributed by atoms with E-state index < -0.39 is 0 Å². The topological polar surface area (TPSA) is 89.1 Å². The molecule has 8 heteroatoms. The molecule has 3 heterocycles. The first-order chi connectivity index (χ1) is 13.6. The summed E-state index contributed by atoms with van der Waals surface area (Å²) in [5.74, 6) is 0.530. The normalized spacial score (nSPS) is 10.9. The number of nitrogens with one attached hydrogen (secondary N) is 2. The zero-order chi connectivity index (χ0) is 19.5. The Labute approximate surface area is 162 Å². The Kier molecular flexibility index (Phi) is 4.76. The van der Waals surface area contributed by atoms with E-state index in [1.165, 1.54) is 0 Å². The highest BCUT2D eigenvalue weighted by Crippen LogP contribution is 2.13. The van der Waals surface area contributed by atoms with Crippen LogP contribution in [0.5, 0.6) is 0 Å². The van der Waals surface area contributed by atoms with Crippen molar-refractivity contribution >= 4 is 17.5 Å². The van der Waals surface area contributed by atoms with E-state index in [1.807, 2.05) is 36.7 Å². The second-order valence-corrected chi connectivity index (χ2v) is 6.57. The number of benzene rings is 1. The lowest BCUT2D eigenvalue weighted by atomic mass is 10.1. The van der Waals surface area contributed by atoms with E-state index in [-0.39, 0.29) is 6.03 Å². The van der Waals surface area contributed by atoms with Gasteiger partial charge in [-0.1, -0.05) is 12.1 Å². The van der Waals surface area contributed by atoms with E-state index in [1.54, 1.807) is 23.0 Å². The lowest BCUT2D eigenvalue weighted by Crippen LogP contribution is -2.31. The van der Waals surface area contributed by atoms with Crippen LogP contribution in [0.4, 0.5) is 10.6 Å². The van der Waals surface area contributed by atoms with Gasteiger partial charge in [0.05, 0.1) is 17.6 Å². The molecule has 0 aliphatic carbocycles. The van der Waals surface area contributed by atoms with E-state index in [2.05, 4.69) is 44.0 Å². The maximum Gasteiger partial charge on any atom is 0.320 e. The summed E-state index contributed by atoms with van der Waals surface area (Å²) in [6.45, 7) is 4.54. The standard InChI is InChI=1S/C20H21N7O/c1-14-12-15(2)26(25-14)17-7-5-16(6-8-17)9-11-21-20(28)24-19-13-22-18-4-3-10-23-27(18)19/h3-8,10,12-13H,9,11H2,1-2H3,(H2,21,24,28). The molecule has 0 saturated carbocycles. The summed E-state index contributed by atoms with van der Waals surface area (Å²) in [7, 11) is 0. The summed E-state index contributed by atoms with van der Waals surface area (Å²) < 4.78 is 3.51. The van der Waals surface area contributed by atoms with Crippen molar-refractivity contribution in [2.45, 2.75) is 20.3 Å². The van der Waals surface area contributed by atoms with Crippen molar-refractivity contribution in [1.82, 2.24) is 29.7 Å². The third-order valence-electron chi connectivity index (χ3n) is 4.41.